The molecule has 0 saturated heterocycles. The van der Waals surface area contributed by atoms with Crippen molar-refractivity contribution in [1.82, 2.24) is 4.98 Å². The van der Waals surface area contributed by atoms with Gasteiger partial charge in [-0.25, -0.2) is 18.6 Å². The van der Waals surface area contributed by atoms with E-state index in [1.54, 1.807) is 0 Å². The summed E-state index contributed by atoms with van der Waals surface area (Å²) in [6.07, 6.45) is -8.24. The van der Waals surface area contributed by atoms with Crippen molar-refractivity contribution in [2.24, 2.45) is 0 Å². The van der Waals surface area contributed by atoms with Gasteiger partial charge in [0.1, 0.15) is 5.69 Å². The van der Waals surface area contributed by atoms with Gasteiger partial charge < -0.3 is 9.47 Å². The summed E-state index contributed by atoms with van der Waals surface area (Å²) in [7, 11) is 0. The van der Waals surface area contributed by atoms with Crippen LogP contribution in [0.4, 0.5) is 22.0 Å². The van der Waals surface area contributed by atoms with Gasteiger partial charge in [-0.3, -0.25) is 0 Å². The summed E-state index contributed by atoms with van der Waals surface area (Å²) in [5.41, 5.74) is -2.34. The molecule has 4 nitrogen and oxygen atoms in total. The molecule has 0 aliphatic heterocycles. The third-order valence-corrected chi connectivity index (χ3v) is 2.41. The van der Waals surface area contributed by atoms with E-state index in [4.69, 9.17) is 11.6 Å². The minimum absolute atomic E-state index is 0.179. The van der Waals surface area contributed by atoms with Crippen molar-refractivity contribution in [3.05, 3.63) is 23.0 Å². The van der Waals surface area contributed by atoms with Crippen molar-refractivity contribution >= 4 is 17.6 Å². The Morgan fingerprint density at radius 1 is 1.43 bits per heavy atom. The van der Waals surface area contributed by atoms with Crippen LogP contribution in [0.5, 0.6) is 5.75 Å². The Morgan fingerprint density at radius 3 is 2.48 bits per heavy atom. The number of hydrogen-bond acceptors (Lipinski definition) is 4. The van der Waals surface area contributed by atoms with Crippen LogP contribution in [0.1, 0.15) is 35.1 Å². The fourth-order valence-electron chi connectivity index (χ4n) is 1.39. The van der Waals surface area contributed by atoms with Gasteiger partial charge in [-0.15, -0.1) is 24.8 Å². The lowest BCUT2D eigenvalue weighted by molar-refractivity contribution is -0.275. The van der Waals surface area contributed by atoms with Crippen LogP contribution < -0.4 is 4.74 Å². The molecular formula is C11H9ClF5NO3. The molecule has 1 aromatic rings. The zero-order chi connectivity index (χ0) is 16.2. The Bertz CT molecular complexity index is 521. The lowest BCUT2D eigenvalue weighted by Crippen LogP contribution is -2.22. The number of nitrogens with zero attached hydrogens (tertiary/aromatic N) is 1. The molecule has 0 aromatic carbocycles. The topological polar surface area (TPSA) is 48.4 Å². The first-order valence-electron chi connectivity index (χ1n) is 5.50. The van der Waals surface area contributed by atoms with Crippen LogP contribution >= 0.6 is 11.6 Å². The Hall–Kier alpha value is -1.64. The van der Waals surface area contributed by atoms with Crippen LogP contribution in [0.25, 0.3) is 0 Å². The zero-order valence-electron chi connectivity index (χ0n) is 10.5. The van der Waals surface area contributed by atoms with E-state index in [0.717, 1.165) is 0 Å². The second-order valence-electron chi connectivity index (χ2n) is 3.59. The highest BCUT2D eigenvalue weighted by atomic mass is 35.5. The molecule has 0 bridgehead atoms. The third kappa shape index (κ3) is 4.69. The SMILES string of the molecule is CCOC(=O)c1nc(C(F)F)cc(CCl)c1OC(F)(F)F. The number of ether oxygens (including phenoxy) is 2. The van der Waals surface area contributed by atoms with Gasteiger partial charge in [0.25, 0.3) is 6.43 Å². The number of hydrogen-bond donors (Lipinski definition) is 0. The number of carbonyl (C=O) groups excluding carboxylic acids is 1. The number of carbonyl (C=O) groups is 1. The fourth-order valence-corrected chi connectivity index (χ4v) is 1.59. The molecule has 1 heterocycles. The molecule has 0 N–H and O–H groups in total. The van der Waals surface area contributed by atoms with Crippen LogP contribution in [-0.2, 0) is 10.6 Å². The number of pyridine rings is 1. The van der Waals surface area contributed by atoms with Gasteiger partial charge in [0.05, 0.1) is 12.5 Å². The molecule has 0 amide bonds. The molecule has 0 spiro atoms. The van der Waals surface area contributed by atoms with Gasteiger partial charge in [0, 0.05) is 5.56 Å². The van der Waals surface area contributed by atoms with E-state index in [0.29, 0.717) is 6.07 Å². The lowest BCUT2D eigenvalue weighted by atomic mass is 10.1. The van der Waals surface area contributed by atoms with E-state index in [1.165, 1.54) is 6.92 Å². The maximum absolute atomic E-state index is 12.7. The van der Waals surface area contributed by atoms with Gasteiger partial charge in [-0.05, 0) is 13.0 Å². The molecule has 0 radical (unpaired) electrons. The van der Waals surface area contributed by atoms with Gasteiger partial charge >= 0.3 is 12.3 Å². The number of alkyl halides is 6. The summed E-state index contributed by atoms with van der Waals surface area (Å²) in [4.78, 5) is 14.7. The Morgan fingerprint density at radius 2 is 2.05 bits per heavy atom. The predicted molar refractivity (Wildman–Crippen MR) is 61.4 cm³/mol. The van der Waals surface area contributed by atoms with Gasteiger partial charge in [-0.2, -0.15) is 0 Å². The highest BCUT2D eigenvalue weighted by Crippen LogP contribution is 2.33. The standard InChI is InChI=1S/C11H9ClF5NO3/c1-2-20-10(19)7-8(21-11(15,16)17)5(4-12)3-6(18-7)9(13)14/h3,9H,2,4H2,1H3. The summed E-state index contributed by atoms with van der Waals surface area (Å²) >= 11 is 5.42. The number of halogens is 6. The van der Waals surface area contributed by atoms with Gasteiger partial charge in [-0.1, -0.05) is 0 Å². The van der Waals surface area contributed by atoms with Crippen LogP contribution in [0.2, 0.25) is 0 Å². The summed E-state index contributed by atoms with van der Waals surface area (Å²) in [5.74, 6) is -2.94. The van der Waals surface area contributed by atoms with E-state index in [2.05, 4.69) is 14.5 Å². The quantitative estimate of drug-likeness (QED) is 0.467. The first kappa shape index (κ1) is 17.4. The van der Waals surface area contributed by atoms with Crippen molar-refractivity contribution in [2.75, 3.05) is 6.61 Å². The Kier molecular flexibility index (Phi) is 5.70. The third-order valence-electron chi connectivity index (χ3n) is 2.12. The van der Waals surface area contributed by atoms with E-state index in [9.17, 15) is 26.7 Å². The highest BCUT2D eigenvalue weighted by Gasteiger charge is 2.36. The Labute approximate surface area is 120 Å². The average molecular weight is 334 g/mol. The minimum Gasteiger partial charge on any atom is -0.461 e. The van der Waals surface area contributed by atoms with Crippen molar-refractivity contribution in [2.45, 2.75) is 25.6 Å². The zero-order valence-corrected chi connectivity index (χ0v) is 11.3. The molecule has 1 rings (SSSR count). The largest absolute Gasteiger partial charge is 0.573 e. The first-order valence-corrected chi connectivity index (χ1v) is 6.03. The molecule has 0 atom stereocenters. The molecule has 0 fully saturated rings. The summed E-state index contributed by atoms with van der Waals surface area (Å²) in [6.45, 7) is 1.21. The maximum Gasteiger partial charge on any atom is 0.573 e. The van der Waals surface area contributed by atoms with E-state index >= 15 is 0 Å². The van der Waals surface area contributed by atoms with Crippen LogP contribution in [0, 0.1) is 0 Å². The second-order valence-corrected chi connectivity index (χ2v) is 3.85. The van der Waals surface area contributed by atoms with Gasteiger partial charge in [0.15, 0.2) is 11.4 Å². The first-order chi connectivity index (χ1) is 9.69. The maximum atomic E-state index is 12.7. The molecule has 1 aromatic heterocycles. The van der Waals surface area contributed by atoms with Crippen molar-refractivity contribution in [3.8, 4) is 5.75 Å². The molecular weight excluding hydrogens is 325 g/mol. The number of esters is 1. The molecule has 118 valence electrons. The van der Waals surface area contributed by atoms with Crippen LogP contribution in [0.15, 0.2) is 6.07 Å². The predicted octanol–water partition coefficient (Wildman–Crippen LogP) is 3.83. The smallest absolute Gasteiger partial charge is 0.461 e. The number of aromatic nitrogens is 1. The fraction of sp³-hybridized carbons (Fsp3) is 0.455. The minimum atomic E-state index is -5.14. The molecule has 0 unspecified atom stereocenters. The van der Waals surface area contributed by atoms with Gasteiger partial charge in [0.2, 0.25) is 0 Å². The van der Waals surface area contributed by atoms with Crippen molar-refractivity contribution in [1.29, 1.82) is 0 Å². The molecule has 10 heteroatoms. The highest BCUT2D eigenvalue weighted by molar-refractivity contribution is 6.17. The molecule has 0 aliphatic carbocycles. The second kappa shape index (κ2) is 6.88. The monoisotopic (exact) mass is 333 g/mol. The molecule has 0 saturated carbocycles. The molecule has 21 heavy (non-hydrogen) atoms. The van der Waals surface area contributed by atoms with Crippen LogP contribution in [0.3, 0.4) is 0 Å². The lowest BCUT2D eigenvalue weighted by Gasteiger charge is -2.16. The normalized spacial score (nSPS) is 11.6. The number of rotatable bonds is 5. The summed E-state index contributed by atoms with van der Waals surface area (Å²) in [6, 6.07) is 0.640. The summed E-state index contributed by atoms with van der Waals surface area (Å²) < 4.78 is 70.5. The summed E-state index contributed by atoms with van der Waals surface area (Å²) in [5, 5.41) is 0. The average Bonchev–Trinajstić information content (AvgIpc) is 2.36. The van der Waals surface area contributed by atoms with Crippen molar-refractivity contribution in [3.63, 3.8) is 0 Å². The van der Waals surface area contributed by atoms with E-state index in [-0.39, 0.29) is 6.61 Å². The van der Waals surface area contributed by atoms with Crippen molar-refractivity contribution < 1.29 is 36.2 Å². The molecule has 0 aliphatic rings. The van der Waals surface area contributed by atoms with Crippen LogP contribution in [-0.4, -0.2) is 23.9 Å². The van der Waals surface area contributed by atoms with E-state index < -0.39 is 47.3 Å². The Balaban J connectivity index is 3.45. The van der Waals surface area contributed by atoms with E-state index in [1.807, 2.05) is 0 Å².